The van der Waals surface area contributed by atoms with Crippen LogP contribution in [0.15, 0.2) is 54.6 Å². The maximum Gasteiger partial charge on any atom is 0.248 e. The summed E-state index contributed by atoms with van der Waals surface area (Å²) in [6.07, 6.45) is 2.10. The highest BCUT2D eigenvalue weighted by molar-refractivity contribution is 5.77. The van der Waals surface area contributed by atoms with Crippen LogP contribution >= 0.6 is 0 Å². The van der Waals surface area contributed by atoms with E-state index in [4.69, 9.17) is 9.47 Å². The van der Waals surface area contributed by atoms with E-state index in [1.807, 2.05) is 48.5 Å². The van der Waals surface area contributed by atoms with Gasteiger partial charge >= 0.3 is 0 Å². The first-order chi connectivity index (χ1) is 12.3. The van der Waals surface area contributed by atoms with Crippen molar-refractivity contribution in [2.75, 3.05) is 19.5 Å². The van der Waals surface area contributed by atoms with E-state index in [-0.39, 0.29) is 6.04 Å². The van der Waals surface area contributed by atoms with Crippen LogP contribution in [-0.2, 0) is 0 Å². The standard InChI is InChI=1S/C18H17N5O2/c1-24-14-8-6-12(7-9-14)17-11-16(19-18-20-21-22-23(17)18)13-4-3-5-15(10-13)25-2/h3-11,17H,1-2H3,(H,19,20,22)/t17-/m1/s1. The molecule has 1 N–H and O–H groups in total. The second-order valence-corrected chi connectivity index (χ2v) is 5.60. The van der Waals surface area contributed by atoms with E-state index in [2.05, 4.69) is 26.9 Å². The van der Waals surface area contributed by atoms with Gasteiger partial charge in [-0.2, -0.15) is 4.68 Å². The molecule has 1 atom stereocenters. The molecule has 0 aliphatic carbocycles. The molecule has 0 saturated heterocycles. The van der Waals surface area contributed by atoms with Gasteiger partial charge in [0.25, 0.3) is 0 Å². The summed E-state index contributed by atoms with van der Waals surface area (Å²) in [4.78, 5) is 0. The Hall–Kier alpha value is -3.35. The Morgan fingerprint density at radius 3 is 2.56 bits per heavy atom. The Bertz CT molecular complexity index is 917. The predicted octanol–water partition coefficient (Wildman–Crippen LogP) is 2.75. The second-order valence-electron chi connectivity index (χ2n) is 5.60. The molecule has 1 aliphatic heterocycles. The summed E-state index contributed by atoms with van der Waals surface area (Å²) in [5, 5.41) is 15.3. The minimum atomic E-state index is -0.113. The topological polar surface area (TPSA) is 74.1 Å². The van der Waals surface area contributed by atoms with Crippen molar-refractivity contribution < 1.29 is 9.47 Å². The lowest BCUT2D eigenvalue weighted by Gasteiger charge is -2.23. The number of aromatic nitrogens is 4. The Morgan fingerprint density at radius 2 is 1.80 bits per heavy atom. The van der Waals surface area contributed by atoms with Crippen LogP contribution in [0.3, 0.4) is 0 Å². The number of nitrogens with one attached hydrogen (secondary N) is 1. The van der Waals surface area contributed by atoms with E-state index < -0.39 is 0 Å². The van der Waals surface area contributed by atoms with Crippen molar-refractivity contribution >= 4 is 11.6 Å². The smallest absolute Gasteiger partial charge is 0.248 e. The lowest BCUT2D eigenvalue weighted by molar-refractivity contribution is 0.414. The summed E-state index contributed by atoms with van der Waals surface area (Å²) in [5.74, 6) is 2.21. The first-order valence-electron chi connectivity index (χ1n) is 7.83. The summed E-state index contributed by atoms with van der Waals surface area (Å²) >= 11 is 0. The molecule has 7 nitrogen and oxygen atoms in total. The number of ether oxygens (including phenoxy) is 2. The zero-order chi connectivity index (χ0) is 17.2. The van der Waals surface area contributed by atoms with Gasteiger partial charge in [-0.1, -0.05) is 29.4 Å². The summed E-state index contributed by atoms with van der Waals surface area (Å²) < 4.78 is 12.3. The summed E-state index contributed by atoms with van der Waals surface area (Å²) in [6.45, 7) is 0. The van der Waals surface area contributed by atoms with Crippen LogP contribution in [-0.4, -0.2) is 34.4 Å². The van der Waals surface area contributed by atoms with Crippen LogP contribution < -0.4 is 14.8 Å². The number of methoxy groups -OCH3 is 2. The molecule has 0 spiro atoms. The van der Waals surface area contributed by atoms with Crippen molar-refractivity contribution in [3.05, 3.63) is 65.7 Å². The van der Waals surface area contributed by atoms with Gasteiger partial charge in [-0.25, -0.2) is 0 Å². The first-order valence-corrected chi connectivity index (χ1v) is 7.83. The Balaban J connectivity index is 1.77. The summed E-state index contributed by atoms with van der Waals surface area (Å²) in [5.41, 5.74) is 3.00. The molecule has 1 aromatic heterocycles. The average molecular weight is 335 g/mol. The second kappa shape index (κ2) is 6.27. The highest BCUT2D eigenvalue weighted by atomic mass is 16.5. The van der Waals surface area contributed by atoms with Crippen molar-refractivity contribution in [3.63, 3.8) is 0 Å². The molecule has 1 aliphatic rings. The van der Waals surface area contributed by atoms with Gasteiger partial charge in [-0.3, -0.25) is 0 Å². The normalized spacial score (nSPS) is 15.8. The average Bonchev–Trinajstić information content (AvgIpc) is 3.16. The van der Waals surface area contributed by atoms with Gasteiger partial charge in [0.05, 0.1) is 14.2 Å². The van der Waals surface area contributed by atoms with Gasteiger partial charge in [0, 0.05) is 11.3 Å². The van der Waals surface area contributed by atoms with E-state index in [1.165, 1.54) is 0 Å². The summed E-state index contributed by atoms with van der Waals surface area (Å²) in [6, 6.07) is 15.6. The number of hydrogen-bond acceptors (Lipinski definition) is 6. The number of rotatable bonds is 4. The quantitative estimate of drug-likeness (QED) is 0.790. The first kappa shape index (κ1) is 15.2. The number of tetrazole rings is 1. The molecule has 4 rings (SSSR count). The van der Waals surface area contributed by atoms with E-state index in [0.29, 0.717) is 5.95 Å². The van der Waals surface area contributed by atoms with Gasteiger partial charge < -0.3 is 14.8 Å². The number of hydrogen-bond donors (Lipinski definition) is 1. The van der Waals surface area contributed by atoms with Gasteiger partial charge in [-0.15, -0.1) is 0 Å². The lowest BCUT2D eigenvalue weighted by atomic mass is 10.0. The fourth-order valence-corrected chi connectivity index (χ4v) is 2.85. The molecule has 0 radical (unpaired) electrons. The van der Waals surface area contributed by atoms with Crippen LogP contribution in [0.1, 0.15) is 17.2 Å². The fourth-order valence-electron chi connectivity index (χ4n) is 2.85. The highest BCUT2D eigenvalue weighted by Gasteiger charge is 2.24. The van der Waals surface area contributed by atoms with Crippen molar-refractivity contribution in [2.24, 2.45) is 0 Å². The molecule has 25 heavy (non-hydrogen) atoms. The van der Waals surface area contributed by atoms with Crippen molar-refractivity contribution in [1.82, 2.24) is 20.2 Å². The molecule has 7 heteroatoms. The predicted molar refractivity (Wildman–Crippen MR) is 93.5 cm³/mol. The molecule has 126 valence electrons. The van der Waals surface area contributed by atoms with Gasteiger partial charge in [0.1, 0.15) is 17.5 Å². The highest BCUT2D eigenvalue weighted by Crippen LogP contribution is 2.33. The zero-order valence-electron chi connectivity index (χ0n) is 13.9. The molecule has 0 amide bonds. The largest absolute Gasteiger partial charge is 0.497 e. The minimum Gasteiger partial charge on any atom is -0.497 e. The third-order valence-electron chi connectivity index (χ3n) is 4.17. The van der Waals surface area contributed by atoms with Gasteiger partial charge in [-0.05, 0) is 46.3 Å². The zero-order valence-corrected chi connectivity index (χ0v) is 13.9. The van der Waals surface area contributed by atoms with Crippen LogP contribution in [0.4, 0.5) is 5.95 Å². The summed E-state index contributed by atoms with van der Waals surface area (Å²) in [7, 11) is 3.31. The van der Waals surface area contributed by atoms with Crippen molar-refractivity contribution in [2.45, 2.75) is 6.04 Å². The van der Waals surface area contributed by atoms with E-state index in [9.17, 15) is 0 Å². The van der Waals surface area contributed by atoms with E-state index in [1.54, 1.807) is 18.9 Å². The third-order valence-corrected chi connectivity index (χ3v) is 4.17. The molecular formula is C18H17N5O2. The van der Waals surface area contributed by atoms with E-state index in [0.717, 1.165) is 28.3 Å². The third kappa shape index (κ3) is 2.80. The SMILES string of the molecule is COc1ccc([C@H]2C=C(c3cccc(OC)c3)Nc3nnnn32)cc1. The van der Waals surface area contributed by atoms with Crippen LogP contribution in [0.25, 0.3) is 5.70 Å². The monoisotopic (exact) mass is 335 g/mol. The number of nitrogens with zero attached hydrogens (tertiary/aromatic N) is 4. The molecule has 0 bridgehead atoms. The molecular weight excluding hydrogens is 318 g/mol. The number of allylic oxidation sites excluding steroid dienone is 1. The van der Waals surface area contributed by atoms with Crippen LogP contribution in [0.5, 0.6) is 11.5 Å². The molecule has 3 aromatic rings. The molecule has 2 aromatic carbocycles. The van der Waals surface area contributed by atoms with Crippen LogP contribution in [0, 0.1) is 0 Å². The number of fused-ring (bicyclic) bond motifs is 1. The Labute approximate surface area is 144 Å². The number of benzene rings is 2. The maximum absolute atomic E-state index is 5.32. The number of anilines is 1. The molecule has 2 heterocycles. The van der Waals surface area contributed by atoms with Crippen molar-refractivity contribution in [3.8, 4) is 11.5 Å². The Morgan fingerprint density at radius 1 is 1.00 bits per heavy atom. The minimum absolute atomic E-state index is 0.113. The van der Waals surface area contributed by atoms with Crippen LogP contribution in [0.2, 0.25) is 0 Å². The molecule has 0 saturated carbocycles. The lowest BCUT2D eigenvalue weighted by Crippen LogP contribution is -2.20. The fraction of sp³-hybridized carbons (Fsp3) is 0.167. The van der Waals surface area contributed by atoms with Crippen molar-refractivity contribution in [1.29, 1.82) is 0 Å². The van der Waals surface area contributed by atoms with Gasteiger partial charge in [0.15, 0.2) is 0 Å². The maximum atomic E-state index is 5.32. The molecule has 0 fully saturated rings. The van der Waals surface area contributed by atoms with E-state index >= 15 is 0 Å². The molecule has 0 unspecified atom stereocenters. The van der Waals surface area contributed by atoms with Gasteiger partial charge in [0.2, 0.25) is 5.95 Å². The Kier molecular flexibility index (Phi) is 3.81.